The molecule has 0 radical (unpaired) electrons. The highest BCUT2D eigenvalue weighted by atomic mass is 16.5. The first-order chi connectivity index (χ1) is 26.7. The molecule has 7 rings (SSSR count). The molecular formula is C52H48N2O. The third-order valence-electron chi connectivity index (χ3n) is 10.0. The van der Waals surface area contributed by atoms with E-state index in [0.29, 0.717) is 0 Å². The van der Waals surface area contributed by atoms with Gasteiger partial charge in [-0.25, -0.2) is 0 Å². The van der Waals surface area contributed by atoms with Gasteiger partial charge in [-0.3, -0.25) is 0 Å². The van der Waals surface area contributed by atoms with E-state index in [0.717, 1.165) is 56.4 Å². The van der Waals surface area contributed by atoms with Crippen molar-refractivity contribution in [2.45, 2.75) is 34.6 Å². The number of anilines is 6. The lowest BCUT2D eigenvalue weighted by Gasteiger charge is -2.27. The van der Waals surface area contributed by atoms with Crippen LogP contribution in [0, 0.1) is 34.6 Å². The van der Waals surface area contributed by atoms with Gasteiger partial charge in [-0.1, -0.05) is 126 Å². The molecule has 3 heteroatoms. The molecule has 0 N–H and O–H groups in total. The number of benzene rings is 7. The molecule has 0 amide bonds. The quantitative estimate of drug-likeness (QED) is 0.124. The van der Waals surface area contributed by atoms with Crippen LogP contribution in [0.2, 0.25) is 0 Å². The zero-order valence-electron chi connectivity index (χ0n) is 32.6. The van der Waals surface area contributed by atoms with E-state index in [-0.39, 0.29) is 0 Å². The van der Waals surface area contributed by atoms with E-state index in [4.69, 9.17) is 4.74 Å². The molecule has 7 aromatic carbocycles. The van der Waals surface area contributed by atoms with Crippen LogP contribution in [0.25, 0.3) is 24.3 Å². The summed E-state index contributed by atoms with van der Waals surface area (Å²) in [5, 5.41) is 0. The van der Waals surface area contributed by atoms with Crippen molar-refractivity contribution in [3.8, 4) is 5.75 Å². The molecule has 0 spiro atoms. The predicted molar refractivity (Wildman–Crippen MR) is 237 cm³/mol. The molecule has 0 unspecified atom stereocenters. The summed E-state index contributed by atoms with van der Waals surface area (Å²) in [4.78, 5) is 4.65. The Bertz CT molecular complexity index is 2440. The summed E-state index contributed by atoms with van der Waals surface area (Å²) in [5.41, 5.74) is 17.6. The smallest absolute Gasteiger partial charge is 0.119 e. The van der Waals surface area contributed by atoms with Crippen LogP contribution in [0.15, 0.2) is 158 Å². The van der Waals surface area contributed by atoms with Crippen LogP contribution in [0.5, 0.6) is 5.75 Å². The molecule has 0 atom stereocenters. The average Bonchev–Trinajstić information content (AvgIpc) is 3.20. The van der Waals surface area contributed by atoms with Gasteiger partial charge in [0.15, 0.2) is 0 Å². The third-order valence-corrected chi connectivity index (χ3v) is 10.0. The standard InChI is InChI=1S/C52H48N2O/c1-37-11-23-46(24-12-37)53(51-33-13-38(2)35-40(51)4)47-25-17-42(18-26-47)15-21-44-9-7-8-10-45(44)22-16-43-19-27-48(28-20-43)54(49-29-31-50(55-6)32-30-49)52-34-14-39(3)36-41(52)5/h7-36H,1-6H3. The number of aryl methyl sites for hydroxylation is 5. The van der Waals surface area contributed by atoms with Gasteiger partial charge < -0.3 is 14.5 Å². The predicted octanol–water partition coefficient (Wildman–Crippen LogP) is 14.5. The van der Waals surface area contributed by atoms with Crippen LogP contribution < -0.4 is 14.5 Å². The largest absolute Gasteiger partial charge is 0.497 e. The fourth-order valence-electron chi connectivity index (χ4n) is 7.05. The summed E-state index contributed by atoms with van der Waals surface area (Å²) in [7, 11) is 1.70. The van der Waals surface area contributed by atoms with E-state index in [9.17, 15) is 0 Å². The zero-order chi connectivity index (χ0) is 38.3. The average molecular weight is 717 g/mol. The van der Waals surface area contributed by atoms with Crippen LogP contribution >= 0.6 is 0 Å². The zero-order valence-corrected chi connectivity index (χ0v) is 32.6. The summed E-state index contributed by atoms with van der Waals surface area (Å²) in [5.74, 6) is 0.840. The topological polar surface area (TPSA) is 15.7 Å². The molecule has 0 aliphatic carbocycles. The molecule has 3 nitrogen and oxygen atoms in total. The fourth-order valence-corrected chi connectivity index (χ4v) is 7.05. The van der Waals surface area contributed by atoms with Crippen LogP contribution in [0.3, 0.4) is 0 Å². The third kappa shape index (κ3) is 8.64. The van der Waals surface area contributed by atoms with Gasteiger partial charge in [0.2, 0.25) is 0 Å². The van der Waals surface area contributed by atoms with E-state index in [1.54, 1.807) is 7.11 Å². The monoisotopic (exact) mass is 716 g/mol. The Morgan fingerprint density at radius 3 is 1.13 bits per heavy atom. The van der Waals surface area contributed by atoms with Gasteiger partial charge in [-0.2, -0.15) is 0 Å². The summed E-state index contributed by atoms with van der Waals surface area (Å²) >= 11 is 0. The van der Waals surface area contributed by atoms with Crippen molar-refractivity contribution in [3.63, 3.8) is 0 Å². The first-order valence-corrected chi connectivity index (χ1v) is 18.9. The molecule has 0 bridgehead atoms. The minimum atomic E-state index is 0.840. The number of ether oxygens (including phenoxy) is 1. The highest BCUT2D eigenvalue weighted by Gasteiger charge is 2.16. The van der Waals surface area contributed by atoms with E-state index < -0.39 is 0 Å². The van der Waals surface area contributed by atoms with Gasteiger partial charge >= 0.3 is 0 Å². The van der Waals surface area contributed by atoms with E-state index in [1.807, 2.05) is 12.1 Å². The van der Waals surface area contributed by atoms with Gasteiger partial charge in [-0.15, -0.1) is 0 Å². The second-order valence-corrected chi connectivity index (χ2v) is 14.3. The van der Waals surface area contributed by atoms with Crippen molar-refractivity contribution >= 4 is 58.4 Å². The van der Waals surface area contributed by atoms with Crippen LogP contribution in [-0.4, -0.2) is 7.11 Å². The van der Waals surface area contributed by atoms with Crippen molar-refractivity contribution in [3.05, 3.63) is 208 Å². The number of hydrogen-bond acceptors (Lipinski definition) is 3. The highest BCUT2D eigenvalue weighted by Crippen LogP contribution is 2.39. The minimum Gasteiger partial charge on any atom is -0.497 e. The number of hydrogen-bond donors (Lipinski definition) is 0. The molecule has 55 heavy (non-hydrogen) atoms. The summed E-state index contributed by atoms with van der Waals surface area (Å²) in [6, 6.07) is 56.4. The lowest BCUT2D eigenvalue weighted by atomic mass is 10.0. The van der Waals surface area contributed by atoms with Crippen LogP contribution in [-0.2, 0) is 0 Å². The maximum absolute atomic E-state index is 5.44. The van der Waals surface area contributed by atoms with Gasteiger partial charge in [0, 0.05) is 34.1 Å². The Morgan fingerprint density at radius 1 is 0.382 bits per heavy atom. The van der Waals surface area contributed by atoms with Gasteiger partial charge in [0.1, 0.15) is 5.75 Å². The Hall–Kier alpha value is -6.58. The second kappa shape index (κ2) is 16.6. The fraction of sp³-hybridized carbons (Fsp3) is 0.115. The van der Waals surface area contributed by atoms with Crippen LogP contribution in [0.4, 0.5) is 34.1 Å². The molecule has 0 heterocycles. The SMILES string of the molecule is COc1ccc(N(c2ccc(C=Cc3ccccc3C=Cc3ccc(N(c4ccc(C)cc4)c4ccc(C)cc4C)cc3)cc2)c2ccc(C)cc2C)cc1. The highest BCUT2D eigenvalue weighted by molar-refractivity contribution is 5.83. The van der Waals surface area contributed by atoms with Crippen molar-refractivity contribution in [2.75, 3.05) is 16.9 Å². The molecular weight excluding hydrogens is 669 g/mol. The molecule has 7 aromatic rings. The minimum absolute atomic E-state index is 0.840. The molecule has 0 saturated heterocycles. The van der Waals surface area contributed by atoms with E-state index in [2.05, 4.69) is 214 Å². The molecule has 0 fully saturated rings. The van der Waals surface area contributed by atoms with Crippen molar-refractivity contribution in [2.24, 2.45) is 0 Å². The summed E-state index contributed by atoms with van der Waals surface area (Å²) in [6.45, 7) is 10.8. The molecule has 0 saturated carbocycles. The Balaban J connectivity index is 1.11. The Kier molecular flexibility index (Phi) is 11.1. The first-order valence-electron chi connectivity index (χ1n) is 18.9. The maximum atomic E-state index is 5.44. The lowest BCUT2D eigenvalue weighted by molar-refractivity contribution is 0.415. The maximum Gasteiger partial charge on any atom is 0.119 e. The molecule has 0 aliphatic rings. The molecule has 0 aromatic heterocycles. The summed E-state index contributed by atoms with van der Waals surface area (Å²) in [6.07, 6.45) is 8.79. The molecule has 0 aliphatic heterocycles. The Morgan fingerprint density at radius 2 is 0.745 bits per heavy atom. The van der Waals surface area contributed by atoms with E-state index in [1.165, 1.54) is 33.5 Å². The van der Waals surface area contributed by atoms with Crippen molar-refractivity contribution < 1.29 is 4.74 Å². The first kappa shape index (κ1) is 36.8. The molecule has 272 valence electrons. The van der Waals surface area contributed by atoms with Gasteiger partial charge in [0.05, 0.1) is 7.11 Å². The van der Waals surface area contributed by atoms with Crippen LogP contribution in [0.1, 0.15) is 50.1 Å². The lowest BCUT2D eigenvalue weighted by Crippen LogP contribution is -2.11. The van der Waals surface area contributed by atoms with Gasteiger partial charge in [0.25, 0.3) is 0 Å². The second-order valence-electron chi connectivity index (χ2n) is 14.3. The number of nitrogens with zero attached hydrogens (tertiary/aromatic N) is 2. The number of rotatable bonds is 11. The Labute approximate surface area is 327 Å². The summed E-state index contributed by atoms with van der Waals surface area (Å²) < 4.78 is 5.44. The van der Waals surface area contributed by atoms with Gasteiger partial charge in [-0.05, 0) is 141 Å². The van der Waals surface area contributed by atoms with E-state index >= 15 is 0 Å². The van der Waals surface area contributed by atoms with Crippen molar-refractivity contribution in [1.29, 1.82) is 0 Å². The van der Waals surface area contributed by atoms with Crippen molar-refractivity contribution in [1.82, 2.24) is 0 Å². The normalized spacial score (nSPS) is 11.3. The number of methoxy groups -OCH3 is 1.